The lowest BCUT2D eigenvalue weighted by Crippen LogP contribution is -1.84. The topological polar surface area (TPSA) is 23.8 Å². The maximum absolute atomic E-state index is 8.67. The summed E-state index contributed by atoms with van der Waals surface area (Å²) in [5.74, 6) is 0. The molecule has 0 aromatic heterocycles. The SMILES string of the molecule is C/C(C#N)=C(/Cl)c1c(Cl)cccc1Cl. The van der Waals surface area contributed by atoms with E-state index in [2.05, 4.69) is 0 Å². The third-order valence-corrected chi connectivity index (χ3v) is 2.78. The third-order valence-electron chi connectivity index (χ3n) is 1.68. The van der Waals surface area contributed by atoms with Gasteiger partial charge in [-0.3, -0.25) is 0 Å². The maximum Gasteiger partial charge on any atom is 0.0959 e. The summed E-state index contributed by atoms with van der Waals surface area (Å²) in [5.41, 5.74) is 0.901. The Morgan fingerprint density at radius 3 is 2.21 bits per heavy atom. The van der Waals surface area contributed by atoms with Crippen molar-refractivity contribution in [2.24, 2.45) is 0 Å². The monoisotopic (exact) mass is 245 g/mol. The minimum atomic E-state index is 0.295. The summed E-state index contributed by atoms with van der Waals surface area (Å²) in [6.45, 7) is 1.61. The van der Waals surface area contributed by atoms with Gasteiger partial charge in [0.2, 0.25) is 0 Å². The van der Waals surface area contributed by atoms with Gasteiger partial charge in [0.15, 0.2) is 0 Å². The largest absolute Gasteiger partial charge is 0.193 e. The van der Waals surface area contributed by atoms with Crippen LogP contribution >= 0.6 is 34.8 Å². The van der Waals surface area contributed by atoms with Crippen molar-refractivity contribution in [3.63, 3.8) is 0 Å². The molecule has 0 radical (unpaired) electrons. The number of halogens is 3. The second-order valence-electron chi connectivity index (χ2n) is 2.65. The second kappa shape index (κ2) is 4.70. The predicted octanol–water partition coefficient (Wildman–Crippen LogP) is 4.49. The van der Waals surface area contributed by atoms with Crippen molar-refractivity contribution >= 4 is 39.8 Å². The van der Waals surface area contributed by atoms with E-state index in [0.717, 1.165) is 0 Å². The van der Waals surface area contributed by atoms with Gasteiger partial charge >= 0.3 is 0 Å². The molecule has 0 fully saturated rings. The molecule has 0 aliphatic heterocycles. The highest BCUT2D eigenvalue weighted by Crippen LogP contribution is 2.34. The molecule has 0 bridgehead atoms. The van der Waals surface area contributed by atoms with Crippen molar-refractivity contribution in [3.8, 4) is 6.07 Å². The lowest BCUT2D eigenvalue weighted by Gasteiger charge is -2.05. The van der Waals surface area contributed by atoms with Crippen LogP contribution in [0.25, 0.3) is 5.03 Å². The lowest BCUT2D eigenvalue weighted by atomic mass is 10.1. The second-order valence-corrected chi connectivity index (χ2v) is 3.84. The Morgan fingerprint density at radius 1 is 1.29 bits per heavy atom. The number of nitriles is 1. The van der Waals surface area contributed by atoms with Crippen LogP contribution in [-0.4, -0.2) is 0 Å². The van der Waals surface area contributed by atoms with Crippen molar-refractivity contribution in [3.05, 3.63) is 39.4 Å². The first-order valence-electron chi connectivity index (χ1n) is 3.78. The van der Waals surface area contributed by atoms with E-state index < -0.39 is 0 Å². The van der Waals surface area contributed by atoms with Crippen LogP contribution < -0.4 is 0 Å². The van der Waals surface area contributed by atoms with E-state index >= 15 is 0 Å². The van der Waals surface area contributed by atoms with Crippen LogP contribution in [0.5, 0.6) is 0 Å². The fourth-order valence-electron chi connectivity index (χ4n) is 0.944. The van der Waals surface area contributed by atoms with E-state index in [1.54, 1.807) is 25.1 Å². The Morgan fingerprint density at radius 2 is 1.79 bits per heavy atom. The molecule has 0 atom stereocenters. The van der Waals surface area contributed by atoms with Gasteiger partial charge in [-0.2, -0.15) is 5.26 Å². The Bertz CT molecular complexity index is 409. The zero-order valence-corrected chi connectivity index (χ0v) is 9.58. The molecule has 4 heteroatoms. The third kappa shape index (κ3) is 2.22. The highest BCUT2D eigenvalue weighted by molar-refractivity contribution is 6.53. The first-order chi connectivity index (χ1) is 6.57. The van der Waals surface area contributed by atoms with Gasteiger partial charge in [0.25, 0.3) is 0 Å². The zero-order chi connectivity index (χ0) is 10.7. The molecule has 1 nitrogen and oxygen atoms in total. The molecule has 0 heterocycles. The van der Waals surface area contributed by atoms with Crippen molar-refractivity contribution in [1.29, 1.82) is 5.26 Å². The fraction of sp³-hybridized carbons (Fsp3) is 0.100. The summed E-state index contributed by atoms with van der Waals surface area (Å²) in [7, 11) is 0. The van der Waals surface area contributed by atoms with Gasteiger partial charge in [-0.25, -0.2) is 0 Å². The molecule has 0 amide bonds. The van der Waals surface area contributed by atoms with E-state index in [-0.39, 0.29) is 0 Å². The van der Waals surface area contributed by atoms with Crippen molar-refractivity contribution in [1.82, 2.24) is 0 Å². The van der Waals surface area contributed by atoms with Crippen LogP contribution in [0.2, 0.25) is 10.0 Å². The van der Waals surface area contributed by atoms with Crippen molar-refractivity contribution in [2.45, 2.75) is 6.92 Å². The summed E-state index contributed by atoms with van der Waals surface area (Å²) < 4.78 is 0. The molecule has 1 aromatic rings. The summed E-state index contributed by atoms with van der Waals surface area (Å²) in [6.07, 6.45) is 0. The van der Waals surface area contributed by atoms with Crippen LogP contribution in [0.15, 0.2) is 23.8 Å². The minimum Gasteiger partial charge on any atom is -0.193 e. The van der Waals surface area contributed by atoms with E-state index in [4.69, 9.17) is 40.1 Å². The first-order valence-corrected chi connectivity index (χ1v) is 4.92. The van der Waals surface area contributed by atoms with E-state index in [9.17, 15) is 0 Å². The van der Waals surface area contributed by atoms with Crippen LogP contribution in [0, 0.1) is 11.3 Å². The van der Waals surface area contributed by atoms with E-state index in [0.29, 0.717) is 26.2 Å². The van der Waals surface area contributed by atoms with Gasteiger partial charge in [-0.1, -0.05) is 40.9 Å². The number of rotatable bonds is 1. The molecule has 0 saturated carbocycles. The van der Waals surface area contributed by atoms with Crippen LogP contribution in [-0.2, 0) is 0 Å². The average molecular weight is 247 g/mol. The average Bonchev–Trinajstić information content (AvgIpc) is 2.16. The Balaban J connectivity index is 3.42. The Hall–Kier alpha value is -0.680. The Labute approximate surface area is 97.5 Å². The van der Waals surface area contributed by atoms with Gasteiger partial charge in [-0.15, -0.1) is 0 Å². The van der Waals surface area contributed by atoms with Gasteiger partial charge in [0.1, 0.15) is 0 Å². The van der Waals surface area contributed by atoms with Crippen LogP contribution in [0.1, 0.15) is 12.5 Å². The molecular weight excluding hydrogens is 240 g/mol. The molecule has 0 N–H and O–H groups in total. The molecular formula is C10H6Cl3N. The molecule has 0 aliphatic carbocycles. The van der Waals surface area contributed by atoms with Crippen molar-refractivity contribution < 1.29 is 0 Å². The fourth-order valence-corrected chi connectivity index (χ4v) is 1.87. The smallest absolute Gasteiger partial charge is 0.0959 e. The molecule has 0 aliphatic rings. The molecule has 0 saturated heterocycles. The van der Waals surface area contributed by atoms with E-state index in [1.165, 1.54) is 0 Å². The number of hydrogen-bond donors (Lipinski definition) is 0. The number of nitrogens with zero attached hydrogens (tertiary/aromatic N) is 1. The first kappa shape index (κ1) is 11.4. The summed E-state index contributed by atoms with van der Waals surface area (Å²) in [5, 5.41) is 9.85. The number of allylic oxidation sites excluding steroid dienone is 1. The van der Waals surface area contributed by atoms with Gasteiger partial charge in [-0.05, 0) is 19.1 Å². The zero-order valence-electron chi connectivity index (χ0n) is 7.31. The lowest BCUT2D eigenvalue weighted by molar-refractivity contribution is 1.45. The summed E-state index contributed by atoms with van der Waals surface area (Å²) >= 11 is 17.8. The molecule has 0 unspecified atom stereocenters. The van der Waals surface area contributed by atoms with Gasteiger partial charge in [0.05, 0.1) is 21.1 Å². The molecule has 0 spiro atoms. The number of hydrogen-bond acceptors (Lipinski definition) is 1. The number of benzene rings is 1. The highest BCUT2D eigenvalue weighted by atomic mass is 35.5. The molecule has 14 heavy (non-hydrogen) atoms. The maximum atomic E-state index is 8.67. The normalized spacial score (nSPS) is 11.9. The van der Waals surface area contributed by atoms with Crippen LogP contribution in [0.4, 0.5) is 0 Å². The van der Waals surface area contributed by atoms with Gasteiger partial charge in [0, 0.05) is 11.1 Å². The molecule has 72 valence electrons. The molecule has 1 rings (SSSR count). The highest BCUT2D eigenvalue weighted by Gasteiger charge is 2.11. The van der Waals surface area contributed by atoms with Crippen molar-refractivity contribution in [2.75, 3.05) is 0 Å². The predicted molar refractivity (Wildman–Crippen MR) is 60.5 cm³/mol. The van der Waals surface area contributed by atoms with E-state index in [1.807, 2.05) is 6.07 Å². The standard InChI is InChI=1S/C10H6Cl3N/c1-6(5-14)10(13)9-7(11)3-2-4-8(9)12/h2-4H,1H3/b10-6-. The minimum absolute atomic E-state index is 0.295. The summed E-state index contributed by atoms with van der Waals surface area (Å²) in [6, 6.07) is 7.02. The quantitative estimate of drug-likeness (QED) is 0.670. The molecule has 1 aromatic carbocycles. The van der Waals surface area contributed by atoms with Gasteiger partial charge < -0.3 is 0 Å². The summed E-state index contributed by atoms with van der Waals surface area (Å²) in [4.78, 5) is 0. The Kier molecular flexibility index (Phi) is 3.83. The van der Waals surface area contributed by atoms with Crippen LogP contribution in [0.3, 0.4) is 0 Å².